The SMILES string of the molecule is COc1ccc(-n2c(C)nnc2SCC(=O)NCc2ccc(N3CCCC3=O)cc2)cc1. The summed E-state index contributed by atoms with van der Waals surface area (Å²) in [6, 6.07) is 15.4. The molecule has 2 aromatic carbocycles. The highest BCUT2D eigenvalue weighted by molar-refractivity contribution is 7.99. The third-order valence-corrected chi connectivity index (χ3v) is 6.20. The number of aryl methyl sites for hydroxylation is 1. The Morgan fingerprint density at radius 3 is 2.47 bits per heavy atom. The van der Waals surface area contributed by atoms with Gasteiger partial charge in [0, 0.05) is 30.9 Å². The zero-order valence-corrected chi connectivity index (χ0v) is 18.9. The van der Waals surface area contributed by atoms with Gasteiger partial charge in [-0.2, -0.15) is 0 Å². The fourth-order valence-electron chi connectivity index (χ4n) is 3.56. The summed E-state index contributed by atoms with van der Waals surface area (Å²) in [5.74, 6) is 1.83. The minimum absolute atomic E-state index is 0.0873. The molecule has 2 amide bonds. The number of carbonyl (C=O) groups is 2. The minimum atomic E-state index is -0.0873. The summed E-state index contributed by atoms with van der Waals surface area (Å²) >= 11 is 1.34. The Labute approximate surface area is 191 Å². The lowest BCUT2D eigenvalue weighted by Crippen LogP contribution is -2.25. The molecule has 9 heteroatoms. The van der Waals surface area contributed by atoms with Crippen LogP contribution in [0.1, 0.15) is 24.2 Å². The van der Waals surface area contributed by atoms with Crippen LogP contribution in [0.4, 0.5) is 5.69 Å². The van der Waals surface area contributed by atoms with Gasteiger partial charge >= 0.3 is 0 Å². The first kappa shape index (κ1) is 21.9. The van der Waals surface area contributed by atoms with Crippen molar-refractivity contribution >= 4 is 29.3 Å². The molecule has 166 valence electrons. The van der Waals surface area contributed by atoms with Crippen molar-refractivity contribution in [2.75, 3.05) is 24.3 Å². The summed E-state index contributed by atoms with van der Waals surface area (Å²) < 4.78 is 7.12. The van der Waals surface area contributed by atoms with Crippen molar-refractivity contribution in [1.29, 1.82) is 0 Å². The van der Waals surface area contributed by atoms with E-state index >= 15 is 0 Å². The number of amides is 2. The van der Waals surface area contributed by atoms with Crippen LogP contribution in [-0.2, 0) is 16.1 Å². The smallest absolute Gasteiger partial charge is 0.230 e. The van der Waals surface area contributed by atoms with E-state index in [9.17, 15) is 9.59 Å². The predicted molar refractivity (Wildman–Crippen MR) is 123 cm³/mol. The van der Waals surface area contributed by atoms with E-state index < -0.39 is 0 Å². The van der Waals surface area contributed by atoms with Crippen LogP contribution in [0, 0.1) is 6.92 Å². The number of ether oxygens (including phenoxy) is 1. The Hall–Kier alpha value is -3.33. The first-order valence-electron chi connectivity index (χ1n) is 10.4. The Balaban J connectivity index is 1.31. The van der Waals surface area contributed by atoms with Gasteiger partial charge in [0.05, 0.1) is 12.9 Å². The lowest BCUT2D eigenvalue weighted by molar-refractivity contribution is -0.119. The van der Waals surface area contributed by atoms with Gasteiger partial charge in [0.1, 0.15) is 11.6 Å². The molecule has 0 aliphatic carbocycles. The Morgan fingerprint density at radius 2 is 1.81 bits per heavy atom. The first-order chi connectivity index (χ1) is 15.5. The van der Waals surface area contributed by atoms with E-state index in [0.29, 0.717) is 18.1 Å². The third-order valence-electron chi connectivity index (χ3n) is 5.27. The van der Waals surface area contributed by atoms with Gasteiger partial charge < -0.3 is 15.0 Å². The van der Waals surface area contributed by atoms with Gasteiger partial charge in [-0.15, -0.1) is 10.2 Å². The molecule has 1 aliphatic rings. The molecule has 1 fully saturated rings. The van der Waals surface area contributed by atoms with Crippen molar-refractivity contribution < 1.29 is 14.3 Å². The number of methoxy groups -OCH3 is 1. The van der Waals surface area contributed by atoms with Crippen LogP contribution < -0.4 is 15.0 Å². The molecule has 8 nitrogen and oxygen atoms in total. The van der Waals surface area contributed by atoms with Crippen molar-refractivity contribution in [1.82, 2.24) is 20.1 Å². The number of hydrogen-bond acceptors (Lipinski definition) is 6. The van der Waals surface area contributed by atoms with Crippen molar-refractivity contribution in [2.45, 2.75) is 31.5 Å². The highest BCUT2D eigenvalue weighted by Crippen LogP contribution is 2.24. The fraction of sp³-hybridized carbons (Fsp3) is 0.304. The van der Waals surface area contributed by atoms with Gasteiger partial charge in [0.25, 0.3) is 0 Å². The zero-order valence-electron chi connectivity index (χ0n) is 18.1. The molecule has 0 atom stereocenters. The van der Waals surface area contributed by atoms with Crippen molar-refractivity contribution in [2.24, 2.45) is 0 Å². The van der Waals surface area contributed by atoms with Gasteiger partial charge in [0.2, 0.25) is 11.8 Å². The van der Waals surface area contributed by atoms with Crippen LogP contribution in [0.25, 0.3) is 5.69 Å². The van der Waals surface area contributed by atoms with E-state index in [2.05, 4.69) is 15.5 Å². The van der Waals surface area contributed by atoms with E-state index in [4.69, 9.17) is 4.74 Å². The molecule has 32 heavy (non-hydrogen) atoms. The second kappa shape index (κ2) is 9.86. The molecule has 1 N–H and O–H groups in total. The molecule has 0 unspecified atom stereocenters. The van der Waals surface area contributed by atoms with Crippen LogP contribution in [0.15, 0.2) is 53.7 Å². The topological polar surface area (TPSA) is 89.3 Å². The fourth-order valence-corrected chi connectivity index (χ4v) is 4.39. The van der Waals surface area contributed by atoms with Crippen molar-refractivity contribution in [3.63, 3.8) is 0 Å². The van der Waals surface area contributed by atoms with Crippen LogP contribution in [-0.4, -0.2) is 46.0 Å². The monoisotopic (exact) mass is 451 g/mol. The molecular formula is C23H25N5O3S. The maximum atomic E-state index is 12.4. The van der Waals surface area contributed by atoms with Crippen LogP contribution in [0.3, 0.4) is 0 Å². The summed E-state index contributed by atoms with van der Waals surface area (Å²) in [6.07, 6.45) is 1.52. The van der Waals surface area contributed by atoms with Crippen molar-refractivity contribution in [3.8, 4) is 11.4 Å². The molecule has 0 saturated carbocycles. The maximum Gasteiger partial charge on any atom is 0.230 e. The van der Waals surface area contributed by atoms with Gasteiger partial charge in [-0.05, 0) is 55.3 Å². The number of nitrogens with one attached hydrogen (secondary N) is 1. The highest BCUT2D eigenvalue weighted by Gasteiger charge is 2.21. The van der Waals surface area contributed by atoms with E-state index in [1.54, 1.807) is 12.0 Å². The summed E-state index contributed by atoms with van der Waals surface area (Å²) in [4.78, 5) is 26.1. The Bertz CT molecular complexity index is 1100. The molecule has 0 radical (unpaired) electrons. The quantitative estimate of drug-likeness (QED) is 0.530. The number of rotatable bonds is 8. The van der Waals surface area contributed by atoms with Gasteiger partial charge in [-0.3, -0.25) is 14.2 Å². The van der Waals surface area contributed by atoms with Gasteiger partial charge in [-0.1, -0.05) is 23.9 Å². The van der Waals surface area contributed by atoms with E-state index in [0.717, 1.165) is 41.5 Å². The minimum Gasteiger partial charge on any atom is -0.497 e. The second-order valence-electron chi connectivity index (χ2n) is 7.44. The summed E-state index contributed by atoms with van der Waals surface area (Å²) in [5.41, 5.74) is 2.80. The molecule has 3 aromatic rings. The maximum absolute atomic E-state index is 12.4. The van der Waals surface area contributed by atoms with E-state index in [1.165, 1.54) is 11.8 Å². The summed E-state index contributed by atoms with van der Waals surface area (Å²) in [5, 5.41) is 12.0. The van der Waals surface area contributed by atoms with Gasteiger partial charge in [-0.25, -0.2) is 0 Å². The standard InChI is InChI=1S/C23H25N5O3S/c1-16-25-26-23(28(16)19-9-11-20(31-2)12-10-19)32-15-21(29)24-14-17-5-7-18(8-6-17)27-13-3-4-22(27)30/h5-12H,3-4,13-15H2,1-2H3,(H,24,29). The second-order valence-corrected chi connectivity index (χ2v) is 8.39. The summed E-state index contributed by atoms with van der Waals surface area (Å²) in [7, 11) is 1.63. The number of anilines is 1. The Kier molecular flexibility index (Phi) is 6.75. The average molecular weight is 452 g/mol. The van der Waals surface area contributed by atoms with Crippen LogP contribution >= 0.6 is 11.8 Å². The average Bonchev–Trinajstić information content (AvgIpc) is 3.41. The van der Waals surface area contributed by atoms with Gasteiger partial charge in [0.15, 0.2) is 5.16 Å². The molecule has 1 aliphatic heterocycles. The number of hydrogen-bond donors (Lipinski definition) is 1. The molecule has 1 saturated heterocycles. The van der Waals surface area contributed by atoms with Crippen LogP contribution in [0.2, 0.25) is 0 Å². The molecule has 0 spiro atoms. The lowest BCUT2D eigenvalue weighted by Gasteiger charge is -2.16. The number of benzene rings is 2. The normalized spacial score (nSPS) is 13.4. The van der Waals surface area contributed by atoms with E-state index in [-0.39, 0.29) is 17.6 Å². The van der Waals surface area contributed by atoms with Crippen molar-refractivity contribution in [3.05, 3.63) is 59.9 Å². The lowest BCUT2D eigenvalue weighted by atomic mass is 10.2. The molecular weight excluding hydrogens is 426 g/mol. The first-order valence-corrected chi connectivity index (χ1v) is 11.4. The molecule has 0 bridgehead atoms. The number of aromatic nitrogens is 3. The summed E-state index contributed by atoms with van der Waals surface area (Å²) in [6.45, 7) is 3.07. The van der Waals surface area contributed by atoms with E-state index in [1.807, 2.05) is 60.0 Å². The zero-order chi connectivity index (χ0) is 22.5. The number of thioether (sulfide) groups is 1. The highest BCUT2D eigenvalue weighted by atomic mass is 32.2. The van der Waals surface area contributed by atoms with Crippen LogP contribution in [0.5, 0.6) is 5.75 Å². The largest absolute Gasteiger partial charge is 0.497 e. The molecule has 1 aromatic heterocycles. The number of nitrogens with zero attached hydrogens (tertiary/aromatic N) is 4. The predicted octanol–water partition coefficient (Wildman–Crippen LogP) is 3.12. The third kappa shape index (κ3) is 4.94. The Morgan fingerprint density at radius 1 is 1.09 bits per heavy atom. The number of carbonyl (C=O) groups excluding carboxylic acids is 2. The molecule has 2 heterocycles. The molecule has 4 rings (SSSR count).